The van der Waals surface area contributed by atoms with Crippen molar-refractivity contribution in [3.05, 3.63) is 69.9 Å². The molecule has 0 bridgehead atoms. The van der Waals surface area contributed by atoms with Crippen LogP contribution in [0.1, 0.15) is 99.9 Å². The van der Waals surface area contributed by atoms with Gasteiger partial charge in [0.1, 0.15) is 11.4 Å². The second kappa shape index (κ2) is 15.4. The van der Waals surface area contributed by atoms with Gasteiger partial charge in [0.05, 0.1) is 5.56 Å². The molecule has 0 amide bonds. The molecule has 1 fully saturated rings. The van der Waals surface area contributed by atoms with Gasteiger partial charge in [-0.1, -0.05) is 85.6 Å². The first kappa shape index (κ1) is 29.5. The first-order valence-corrected chi connectivity index (χ1v) is 14.7. The predicted octanol–water partition coefficient (Wildman–Crippen LogP) is 8.23. The fourth-order valence-electron chi connectivity index (χ4n) is 5.12. The van der Waals surface area contributed by atoms with Gasteiger partial charge in [0, 0.05) is 43.2 Å². The SMILES string of the molecule is CCCCCCCCCC(=O)OC1(c2ccc(Br)cc2)CCN(CCCC(=O)c2ccccc2F)CC1. The second-order valence-corrected chi connectivity index (χ2v) is 11.1. The van der Waals surface area contributed by atoms with Crippen LogP contribution in [0.4, 0.5) is 4.39 Å². The van der Waals surface area contributed by atoms with Crippen LogP contribution in [0.25, 0.3) is 0 Å². The quantitative estimate of drug-likeness (QED) is 0.122. The summed E-state index contributed by atoms with van der Waals surface area (Å²) >= 11 is 3.51. The molecular formula is C31H41BrFNO3. The number of carbonyl (C=O) groups is 2. The summed E-state index contributed by atoms with van der Waals surface area (Å²) in [4.78, 5) is 27.6. The van der Waals surface area contributed by atoms with Crippen LogP contribution in [0.15, 0.2) is 53.0 Å². The van der Waals surface area contributed by atoms with Crippen LogP contribution < -0.4 is 0 Å². The average Bonchev–Trinajstić information content (AvgIpc) is 2.90. The molecule has 1 heterocycles. The van der Waals surface area contributed by atoms with Gasteiger partial charge in [-0.2, -0.15) is 0 Å². The molecule has 0 saturated carbocycles. The lowest BCUT2D eigenvalue weighted by Crippen LogP contribution is -2.45. The summed E-state index contributed by atoms with van der Waals surface area (Å²) in [5.41, 5.74) is 0.597. The summed E-state index contributed by atoms with van der Waals surface area (Å²) in [5.74, 6) is -0.720. The molecule has 0 unspecified atom stereocenters. The lowest BCUT2D eigenvalue weighted by atomic mass is 9.84. The number of benzene rings is 2. The molecular weight excluding hydrogens is 533 g/mol. The molecule has 6 heteroatoms. The molecule has 0 spiro atoms. The van der Waals surface area contributed by atoms with Gasteiger partial charge in [-0.3, -0.25) is 9.59 Å². The molecule has 0 aromatic heterocycles. The normalized spacial score (nSPS) is 15.4. The van der Waals surface area contributed by atoms with Crippen LogP contribution in [-0.4, -0.2) is 36.3 Å². The zero-order valence-electron chi connectivity index (χ0n) is 22.2. The van der Waals surface area contributed by atoms with Crippen LogP contribution in [0.5, 0.6) is 0 Å². The Morgan fingerprint density at radius 2 is 1.54 bits per heavy atom. The Morgan fingerprint density at radius 1 is 0.892 bits per heavy atom. The Labute approximate surface area is 230 Å². The van der Waals surface area contributed by atoms with E-state index in [0.717, 1.165) is 55.4 Å². The Balaban J connectivity index is 1.50. The number of ether oxygens (including phenoxy) is 1. The van der Waals surface area contributed by atoms with Crippen molar-refractivity contribution in [3.8, 4) is 0 Å². The zero-order valence-corrected chi connectivity index (χ0v) is 23.7. The first-order chi connectivity index (χ1) is 17.9. The molecule has 1 saturated heterocycles. The smallest absolute Gasteiger partial charge is 0.306 e. The van der Waals surface area contributed by atoms with Gasteiger partial charge in [0.25, 0.3) is 0 Å². The number of ketones is 1. The van der Waals surface area contributed by atoms with E-state index in [-0.39, 0.29) is 17.3 Å². The van der Waals surface area contributed by atoms with Crippen molar-refractivity contribution in [3.63, 3.8) is 0 Å². The number of nitrogens with zero attached hydrogens (tertiary/aromatic N) is 1. The maximum atomic E-state index is 13.9. The van der Waals surface area contributed by atoms with E-state index in [1.54, 1.807) is 18.2 Å². The highest BCUT2D eigenvalue weighted by Gasteiger charge is 2.39. The third-order valence-corrected chi connectivity index (χ3v) is 7.91. The third kappa shape index (κ3) is 9.33. The van der Waals surface area contributed by atoms with Crippen molar-refractivity contribution >= 4 is 27.7 Å². The fraction of sp³-hybridized carbons (Fsp3) is 0.548. The van der Waals surface area contributed by atoms with E-state index < -0.39 is 11.4 Å². The van der Waals surface area contributed by atoms with E-state index in [9.17, 15) is 14.0 Å². The van der Waals surface area contributed by atoms with E-state index in [2.05, 4.69) is 27.8 Å². The number of carbonyl (C=O) groups excluding carboxylic acids is 2. The maximum Gasteiger partial charge on any atom is 0.306 e. The predicted molar refractivity (Wildman–Crippen MR) is 150 cm³/mol. The molecule has 0 atom stereocenters. The number of hydrogen-bond donors (Lipinski definition) is 0. The minimum Gasteiger partial charge on any atom is -0.454 e. The van der Waals surface area contributed by atoms with Crippen molar-refractivity contribution in [1.82, 2.24) is 4.90 Å². The molecule has 37 heavy (non-hydrogen) atoms. The summed E-state index contributed by atoms with van der Waals surface area (Å²) < 4.78 is 21.1. The van der Waals surface area contributed by atoms with E-state index in [1.165, 1.54) is 38.2 Å². The largest absolute Gasteiger partial charge is 0.454 e. The Hall–Kier alpha value is -2.05. The van der Waals surface area contributed by atoms with E-state index >= 15 is 0 Å². The Morgan fingerprint density at radius 3 is 2.22 bits per heavy atom. The van der Waals surface area contributed by atoms with Crippen LogP contribution in [0.2, 0.25) is 0 Å². The van der Waals surface area contributed by atoms with Crippen molar-refractivity contribution in [2.45, 2.75) is 89.6 Å². The van der Waals surface area contributed by atoms with Crippen LogP contribution in [0, 0.1) is 5.82 Å². The number of rotatable bonds is 15. The summed E-state index contributed by atoms with van der Waals surface area (Å²) in [5, 5.41) is 0. The second-order valence-electron chi connectivity index (χ2n) is 10.2. The maximum absolute atomic E-state index is 13.9. The topological polar surface area (TPSA) is 46.6 Å². The standard InChI is InChI=1S/C31H41BrFNO3/c1-2-3-4-5-6-7-8-15-30(36)37-31(25-16-18-26(32)19-17-25)20-23-34(24-21-31)22-11-14-29(35)27-12-9-10-13-28(27)33/h9-10,12-13,16-19H,2-8,11,14-15,20-24H2,1H3. The lowest BCUT2D eigenvalue weighted by molar-refractivity contribution is -0.167. The number of likely N-dealkylation sites (tertiary alicyclic amines) is 1. The third-order valence-electron chi connectivity index (χ3n) is 7.38. The summed E-state index contributed by atoms with van der Waals surface area (Å²) in [6, 6.07) is 14.3. The van der Waals surface area contributed by atoms with Crippen LogP contribution in [-0.2, 0) is 15.1 Å². The number of Topliss-reactive ketones (excluding diaryl/α,β-unsaturated/α-hetero) is 1. The molecule has 0 radical (unpaired) electrons. The Kier molecular flexibility index (Phi) is 12.3. The minimum atomic E-state index is -0.613. The van der Waals surface area contributed by atoms with E-state index in [4.69, 9.17) is 4.74 Å². The van der Waals surface area contributed by atoms with Crippen LogP contribution >= 0.6 is 15.9 Å². The van der Waals surface area contributed by atoms with Gasteiger partial charge < -0.3 is 9.64 Å². The first-order valence-electron chi connectivity index (χ1n) is 13.9. The molecule has 2 aromatic carbocycles. The molecule has 1 aliphatic rings. The van der Waals surface area contributed by atoms with Gasteiger partial charge in [-0.25, -0.2) is 4.39 Å². The van der Waals surface area contributed by atoms with E-state index in [1.807, 2.05) is 24.3 Å². The molecule has 0 aliphatic carbocycles. The van der Waals surface area contributed by atoms with Gasteiger partial charge in [-0.05, 0) is 49.2 Å². The lowest BCUT2D eigenvalue weighted by Gasteiger charge is -2.41. The highest BCUT2D eigenvalue weighted by Crippen LogP contribution is 2.38. The van der Waals surface area contributed by atoms with Crippen molar-refractivity contribution in [2.24, 2.45) is 0 Å². The number of halogens is 2. The molecule has 202 valence electrons. The molecule has 1 aliphatic heterocycles. The summed E-state index contributed by atoms with van der Waals surface area (Å²) in [7, 11) is 0. The highest BCUT2D eigenvalue weighted by atomic mass is 79.9. The molecule has 4 nitrogen and oxygen atoms in total. The van der Waals surface area contributed by atoms with Gasteiger partial charge in [-0.15, -0.1) is 0 Å². The number of unbranched alkanes of at least 4 members (excludes halogenated alkanes) is 6. The fourth-order valence-corrected chi connectivity index (χ4v) is 5.39. The Bertz CT molecular complexity index is 986. The van der Waals surface area contributed by atoms with Gasteiger partial charge >= 0.3 is 5.97 Å². The zero-order chi connectivity index (χ0) is 26.5. The number of piperidine rings is 1. The minimum absolute atomic E-state index is 0.111. The van der Waals surface area contributed by atoms with Crippen LogP contribution in [0.3, 0.4) is 0 Å². The van der Waals surface area contributed by atoms with Crippen molar-refractivity contribution in [2.75, 3.05) is 19.6 Å². The molecule has 2 aromatic rings. The summed E-state index contributed by atoms with van der Waals surface area (Å²) in [6.07, 6.45) is 11.1. The van der Waals surface area contributed by atoms with Crippen molar-refractivity contribution < 1.29 is 18.7 Å². The number of hydrogen-bond acceptors (Lipinski definition) is 4. The molecule has 0 N–H and O–H groups in total. The summed E-state index contributed by atoms with van der Waals surface area (Å²) in [6.45, 7) is 4.56. The van der Waals surface area contributed by atoms with Crippen molar-refractivity contribution in [1.29, 1.82) is 0 Å². The highest BCUT2D eigenvalue weighted by molar-refractivity contribution is 9.10. The van der Waals surface area contributed by atoms with Gasteiger partial charge in [0.2, 0.25) is 0 Å². The monoisotopic (exact) mass is 573 g/mol. The average molecular weight is 575 g/mol. The van der Waals surface area contributed by atoms with E-state index in [0.29, 0.717) is 19.3 Å². The molecule has 3 rings (SSSR count). The van der Waals surface area contributed by atoms with Gasteiger partial charge in [0.15, 0.2) is 5.78 Å². The number of esters is 1.